The molecule has 0 amide bonds. The predicted molar refractivity (Wildman–Crippen MR) is 92.8 cm³/mol. The third-order valence-electron chi connectivity index (χ3n) is 3.68. The molecule has 0 saturated heterocycles. The van der Waals surface area contributed by atoms with E-state index in [9.17, 15) is 9.90 Å². The number of benzene rings is 2. The van der Waals surface area contributed by atoms with Gasteiger partial charge in [-0.2, -0.15) is 9.67 Å². The van der Waals surface area contributed by atoms with E-state index in [2.05, 4.69) is 25.6 Å². The second-order valence-corrected chi connectivity index (χ2v) is 5.40. The SMILES string of the molecule is O=C(O)c1cc(Nc2ncc3nnn(-c4ccccc4)c3n2)ccc1O. The highest BCUT2D eigenvalue weighted by molar-refractivity contribution is 5.92. The molecule has 0 fully saturated rings. The monoisotopic (exact) mass is 348 g/mol. The summed E-state index contributed by atoms with van der Waals surface area (Å²) in [4.78, 5) is 19.7. The van der Waals surface area contributed by atoms with E-state index in [1.807, 2.05) is 30.3 Å². The number of aromatic hydroxyl groups is 1. The summed E-state index contributed by atoms with van der Waals surface area (Å²) in [7, 11) is 0. The molecule has 0 bridgehead atoms. The summed E-state index contributed by atoms with van der Waals surface area (Å²) >= 11 is 0. The van der Waals surface area contributed by atoms with Gasteiger partial charge in [-0.15, -0.1) is 5.10 Å². The number of carboxylic acid groups (broad SMARTS) is 1. The minimum atomic E-state index is -1.23. The van der Waals surface area contributed by atoms with Crippen molar-refractivity contribution in [1.29, 1.82) is 0 Å². The number of rotatable bonds is 4. The van der Waals surface area contributed by atoms with Crippen molar-refractivity contribution in [1.82, 2.24) is 25.0 Å². The van der Waals surface area contributed by atoms with Crippen LogP contribution in [0.5, 0.6) is 5.75 Å². The van der Waals surface area contributed by atoms with Crippen LogP contribution in [0.4, 0.5) is 11.6 Å². The molecule has 4 aromatic rings. The standard InChI is InChI=1S/C17H12N6O3/c24-14-7-6-10(8-12(14)16(25)26)19-17-18-9-13-15(20-17)23(22-21-13)11-4-2-1-3-5-11/h1-9,24H,(H,25,26)(H,18,19,20). The van der Waals surface area contributed by atoms with E-state index in [1.54, 1.807) is 4.68 Å². The average molecular weight is 348 g/mol. The van der Waals surface area contributed by atoms with Crippen LogP contribution in [0.2, 0.25) is 0 Å². The van der Waals surface area contributed by atoms with E-state index >= 15 is 0 Å². The van der Waals surface area contributed by atoms with E-state index in [0.717, 1.165) is 5.69 Å². The molecule has 0 aliphatic carbocycles. The van der Waals surface area contributed by atoms with Crippen LogP contribution in [0.15, 0.2) is 54.7 Å². The zero-order valence-corrected chi connectivity index (χ0v) is 13.2. The second kappa shape index (κ2) is 6.13. The van der Waals surface area contributed by atoms with Gasteiger partial charge in [-0.1, -0.05) is 23.4 Å². The van der Waals surface area contributed by atoms with Gasteiger partial charge in [0.15, 0.2) is 11.2 Å². The Labute approximate surface area is 146 Å². The van der Waals surface area contributed by atoms with E-state index in [4.69, 9.17) is 5.11 Å². The highest BCUT2D eigenvalue weighted by Gasteiger charge is 2.13. The Morgan fingerprint density at radius 3 is 2.69 bits per heavy atom. The number of carboxylic acids is 1. The van der Waals surface area contributed by atoms with Crippen molar-refractivity contribution in [2.75, 3.05) is 5.32 Å². The molecule has 2 aromatic carbocycles. The Morgan fingerprint density at radius 2 is 1.92 bits per heavy atom. The number of hydrogen-bond acceptors (Lipinski definition) is 7. The van der Waals surface area contributed by atoms with Crippen molar-refractivity contribution in [3.63, 3.8) is 0 Å². The number of carbonyl (C=O) groups is 1. The second-order valence-electron chi connectivity index (χ2n) is 5.40. The Balaban J connectivity index is 1.72. The quantitative estimate of drug-likeness (QED) is 0.480. The highest BCUT2D eigenvalue weighted by atomic mass is 16.4. The van der Waals surface area contributed by atoms with Crippen LogP contribution >= 0.6 is 0 Å². The molecule has 0 aliphatic heterocycles. The fourth-order valence-corrected chi connectivity index (χ4v) is 2.45. The zero-order chi connectivity index (χ0) is 18.1. The molecule has 2 aromatic heterocycles. The molecule has 0 spiro atoms. The largest absolute Gasteiger partial charge is 0.507 e. The number of para-hydroxylation sites is 1. The van der Waals surface area contributed by atoms with Gasteiger partial charge in [0.05, 0.1) is 11.9 Å². The maximum atomic E-state index is 11.1. The molecule has 26 heavy (non-hydrogen) atoms. The molecular formula is C17H12N6O3. The number of phenols is 1. The Kier molecular flexibility index (Phi) is 3.66. The third-order valence-corrected chi connectivity index (χ3v) is 3.68. The van der Waals surface area contributed by atoms with Crippen LogP contribution in [0.3, 0.4) is 0 Å². The molecule has 0 aliphatic rings. The normalized spacial score (nSPS) is 10.8. The van der Waals surface area contributed by atoms with Gasteiger partial charge < -0.3 is 15.5 Å². The highest BCUT2D eigenvalue weighted by Crippen LogP contribution is 2.23. The molecule has 2 heterocycles. The lowest BCUT2D eigenvalue weighted by Gasteiger charge is -2.07. The van der Waals surface area contributed by atoms with Gasteiger partial charge in [-0.05, 0) is 30.3 Å². The first kappa shape index (κ1) is 15.5. The summed E-state index contributed by atoms with van der Waals surface area (Å²) in [6.45, 7) is 0. The fraction of sp³-hybridized carbons (Fsp3) is 0. The van der Waals surface area contributed by atoms with Gasteiger partial charge >= 0.3 is 5.97 Å². The number of aromatic carboxylic acids is 1. The van der Waals surface area contributed by atoms with Crippen molar-refractivity contribution in [3.8, 4) is 11.4 Å². The number of hydrogen-bond donors (Lipinski definition) is 3. The number of fused-ring (bicyclic) bond motifs is 1. The molecule has 9 nitrogen and oxygen atoms in total. The van der Waals surface area contributed by atoms with Crippen molar-refractivity contribution < 1.29 is 15.0 Å². The minimum Gasteiger partial charge on any atom is -0.507 e. The molecule has 128 valence electrons. The molecule has 0 saturated carbocycles. The van der Waals surface area contributed by atoms with E-state index in [-0.39, 0.29) is 17.3 Å². The summed E-state index contributed by atoms with van der Waals surface area (Å²) in [6.07, 6.45) is 1.52. The van der Waals surface area contributed by atoms with Gasteiger partial charge in [0.25, 0.3) is 0 Å². The maximum Gasteiger partial charge on any atom is 0.339 e. The van der Waals surface area contributed by atoms with Crippen LogP contribution in [-0.2, 0) is 0 Å². The van der Waals surface area contributed by atoms with Crippen LogP contribution in [0.25, 0.3) is 16.9 Å². The van der Waals surface area contributed by atoms with Crippen molar-refractivity contribution in [2.24, 2.45) is 0 Å². The first-order valence-electron chi connectivity index (χ1n) is 7.59. The first-order chi connectivity index (χ1) is 12.6. The maximum absolute atomic E-state index is 11.1. The Bertz CT molecular complexity index is 1110. The van der Waals surface area contributed by atoms with Gasteiger partial charge in [0, 0.05) is 5.69 Å². The van der Waals surface area contributed by atoms with E-state index in [0.29, 0.717) is 16.9 Å². The summed E-state index contributed by atoms with van der Waals surface area (Å²) in [5.41, 5.74) is 2.05. The number of nitrogens with zero attached hydrogens (tertiary/aromatic N) is 5. The van der Waals surface area contributed by atoms with Crippen molar-refractivity contribution >= 4 is 28.8 Å². The fourth-order valence-electron chi connectivity index (χ4n) is 2.45. The zero-order valence-electron chi connectivity index (χ0n) is 13.2. The minimum absolute atomic E-state index is 0.216. The lowest BCUT2D eigenvalue weighted by molar-refractivity contribution is 0.0694. The molecule has 3 N–H and O–H groups in total. The molecule has 9 heteroatoms. The molecular weight excluding hydrogens is 336 g/mol. The topological polar surface area (TPSA) is 126 Å². The smallest absolute Gasteiger partial charge is 0.339 e. The van der Waals surface area contributed by atoms with Crippen LogP contribution in [-0.4, -0.2) is 41.1 Å². The number of anilines is 2. The number of aromatic nitrogens is 5. The summed E-state index contributed by atoms with van der Waals surface area (Å²) in [5, 5.41) is 29.7. The molecule has 4 rings (SSSR count). The van der Waals surface area contributed by atoms with Crippen LogP contribution < -0.4 is 5.32 Å². The van der Waals surface area contributed by atoms with Gasteiger partial charge in [0.1, 0.15) is 11.3 Å². The van der Waals surface area contributed by atoms with Gasteiger partial charge in [-0.3, -0.25) is 0 Å². The Morgan fingerprint density at radius 1 is 1.12 bits per heavy atom. The van der Waals surface area contributed by atoms with Gasteiger partial charge in [-0.25, -0.2) is 9.78 Å². The molecule has 0 radical (unpaired) electrons. The van der Waals surface area contributed by atoms with E-state index in [1.165, 1.54) is 24.4 Å². The number of nitrogens with one attached hydrogen (secondary N) is 1. The van der Waals surface area contributed by atoms with Gasteiger partial charge in [0.2, 0.25) is 5.95 Å². The third kappa shape index (κ3) is 2.77. The van der Waals surface area contributed by atoms with Crippen molar-refractivity contribution in [3.05, 3.63) is 60.3 Å². The summed E-state index contributed by atoms with van der Waals surface area (Å²) in [5.74, 6) is -1.29. The average Bonchev–Trinajstić information content (AvgIpc) is 3.07. The lowest BCUT2D eigenvalue weighted by Crippen LogP contribution is -2.02. The summed E-state index contributed by atoms with van der Waals surface area (Å²) in [6, 6.07) is 13.5. The first-order valence-corrected chi connectivity index (χ1v) is 7.59. The molecule has 0 unspecified atom stereocenters. The summed E-state index contributed by atoms with van der Waals surface area (Å²) < 4.78 is 1.59. The van der Waals surface area contributed by atoms with Crippen LogP contribution in [0, 0.1) is 0 Å². The lowest BCUT2D eigenvalue weighted by atomic mass is 10.2. The van der Waals surface area contributed by atoms with E-state index < -0.39 is 5.97 Å². The predicted octanol–water partition coefficient (Wildman–Crippen LogP) is 2.36. The molecule has 0 atom stereocenters. The van der Waals surface area contributed by atoms with Crippen LogP contribution in [0.1, 0.15) is 10.4 Å². The van der Waals surface area contributed by atoms with Crippen molar-refractivity contribution in [2.45, 2.75) is 0 Å². The Hall–Kier alpha value is -4.01.